The van der Waals surface area contributed by atoms with E-state index in [4.69, 9.17) is 9.93 Å². The smallest absolute Gasteiger partial charge is 0.264 e. The van der Waals surface area contributed by atoms with E-state index in [0.717, 1.165) is 6.42 Å². The first-order valence-corrected chi connectivity index (χ1v) is 4.89. The Kier molecular flexibility index (Phi) is 4.31. The SMILES string of the molecule is CC(Cc1ccccc1)[n+]1cc(=N)o[n-]1.Cl. The molecule has 86 valence electrons. The average molecular weight is 240 g/mol. The molecule has 0 fully saturated rings. The monoisotopic (exact) mass is 239 g/mol. The number of aromatic nitrogens is 2. The summed E-state index contributed by atoms with van der Waals surface area (Å²) in [4.78, 5) is 0. The van der Waals surface area contributed by atoms with Gasteiger partial charge in [0.05, 0.1) is 0 Å². The topological polar surface area (TPSA) is 55.0 Å². The number of benzene rings is 1. The van der Waals surface area contributed by atoms with Gasteiger partial charge in [0.2, 0.25) is 6.20 Å². The molecule has 0 bridgehead atoms. The summed E-state index contributed by atoms with van der Waals surface area (Å²) >= 11 is 0. The predicted molar refractivity (Wildman–Crippen MR) is 60.2 cm³/mol. The van der Waals surface area contributed by atoms with Crippen molar-refractivity contribution in [2.75, 3.05) is 0 Å². The van der Waals surface area contributed by atoms with Crippen molar-refractivity contribution in [2.24, 2.45) is 0 Å². The minimum Gasteiger partial charge on any atom is -0.487 e. The Labute approximate surface area is 99.8 Å². The first kappa shape index (κ1) is 12.5. The zero-order valence-electron chi connectivity index (χ0n) is 8.96. The van der Waals surface area contributed by atoms with Gasteiger partial charge >= 0.3 is 0 Å². The highest BCUT2D eigenvalue weighted by Crippen LogP contribution is 2.06. The molecule has 1 aromatic carbocycles. The van der Waals surface area contributed by atoms with Gasteiger partial charge in [-0.25, -0.2) is 4.68 Å². The summed E-state index contributed by atoms with van der Waals surface area (Å²) in [6.07, 6.45) is 2.48. The summed E-state index contributed by atoms with van der Waals surface area (Å²) in [5, 5.41) is 11.0. The van der Waals surface area contributed by atoms with Gasteiger partial charge < -0.3 is 4.52 Å². The van der Waals surface area contributed by atoms with E-state index >= 15 is 0 Å². The fourth-order valence-corrected chi connectivity index (χ4v) is 1.51. The van der Waals surface area contributed by atoms with E-state index in [0.29, 0.717) is 0 Å². The predicted octanol–water partition coefficient (Wildman–Crippen LogP) is 1.23. The lowest BCUT2D eigenvalue weighted by molar-refractivity contribution is -0.787. The second-order valence-electron chi connectivity index (χ2n) is 3.59. The minimum atomic E-state index is 0. The van der Waals surface area contributed by atoms with Crippen LogP contribution in [0.25, 0.3) is 0 Å². The minimum absolute atomic E-state index is 0. The van der Waals surface area contributed by atoms with E-state index in [-0.39, 0.29) is 24.0 Å². The molecule has 16 heavy (non-hydrogen) atoms. The maximum Gasteiger partial charge on any atom is 0.264 e. The summed E-state index contributed by atoms with van der Waals surface area (Å²) in [5.74, 6) is 0. The van der Waals surface area contributed by atoms with E-state index in [9.17, 15) is 0 Å². The van der Waals surface area contributed by atoms with Gasteiger partial charge in [0.15, 0.2) is 6.04 Å². The normalized spacial score (nSPS) is 11.8. The van der Waals surface area contributed by atoms with Crippen LogP contribution in [0, 0.1) is 5.41 Å². The molecule has 2 rings (SSSR count). The van der Waals surface area contributed by atoms with Gasteiger partial charge in [0.25, 0.3) is 5.55 Å². The fraction of sp³-hybridized carbons (Fsp3) is 0.273. The Morgan fingerprint density at radius 2 is 2.06 bits per heavy atom. The Morgan fingerprint density at radius 1 is 1.38 bits per heavy atom. The molecule has 0 aliphatic carbocycles. The largest absolute Gasteiger partial charge is 0.487 e. The first-order chi connectivity index (χ1) is 7.25. The molecule has 1 heterocycles. The lowest BCUT2D eigenvalue weighted by atomic mass is 10.1. The zero-order valence-corrected chi connectivity index (χ0v) is 9.78. The van der Waals surface area contributed by atoms with Gasteiger partial charge in [-0.15, -0.1) is 12.4 Å². The highest BCUT2D eigenvalue weighted by atomic mass is 35.5. The maximum atomic E-state index is 7.24. The van der Waals surface area contributed by atoms with Gasteiger partial charge in [-0.05, 0) is 12.5 Å². The van der Waals surface area contributed by atoms with Gasteiger partial charge in [0.1, 0.15) is 0 Å². The molecular formula is C11H14ClN3O. The van der Waals surface area contributed by atoms with E-state index in [1.54, 1.807) is 10.9 Å². The van der Waals surface area contributed by atoms with Crippen molar-refractivity contribution >= 4 is 12.4 Å². The highest BCUT2D eigenvalue weighted by molar-refractivity contribution is 5.85. The Hall–Kier alpha value is -1.55. The molecule has 2 aromatic rings. The van der Waals surface area contributed by atoms with Crippen molar-refractivity contribution in [3.63, 3.8) is 0 Å². The van der Waals surface area contributed by atoms with E-state index < -0.39 is 0 Å². The summed E-state index contributed by atoms with van der Waals surface area (Å²) in [6.45, 7) is 2.05. The Morgan fingerprint density at radius 3 is 2.62 bits per heavy atom. The van der Waals surface area contributed by atoms with Crippen LogP contribution in [0.5, 0.6) is 0 Å². The third-order valence-electron chi connectivity index (χ3n) is 2.31. The summed E-state index contributed by atoms with van der Waals surface area (Å²) in [6, 6.07) is 10.4. The lowest BCUT2D eigenvalue weighted by Crippen LogP contribution is -2.42. The van der Waals surface area contributed by atoms with E-state index in [1.807, 2.05) is 18.2 Å². The number of rotatable bonds is 3. The first-order valence-electron chi connectivity index (χ1n) is 4.89. The highest BCUT2D eigenvalue weighted by Gasteiger charge is 2.10. The molecule has 0 spiro atoms. The van der Waals surface area contributed by atoms with Crippen molar-refractivity contribution in [1.29, 1.82) is 5.41 Å². The maximum absolute atomic E-state index is 7.24. The molecule has 4 nitrogen and oxygen atoms in total. The van der Waals surface area contributed by atoms with Crippen LogP contribution in [0.4, 0.5) is 0 Å². The number of hydrogen-bond donors (Lipinski definition) is 1. The quantitative estimate of drug-likeness (QED) is 0.820. The Balaban J connectivity index is 0.00000128. The second kappa shape index (κ2) is 5.51. The number of nitrogens with zero attached hydrogens (tertiary/aromatic N) is 2. The van der Waals surface area contributed by atoms with Crippen LogP contribution in [0.3, 0.4) is 0 Å². The van der Waals surface area contributed by atoms with Crippen LogP contribution in [0.1, 0.15) is 18.5 Å². The van der Waals surface area contributed by atoms with Crippen LogP contribution >= 0.6 is 12.4 Å². The van der Waals surface area contributed by atoms with Crippen molar-refractivity contribution in [2.45, 2.75) is 19.4 Å². The third kappa shape index (κ3) is 2.97. The van der Waals surface area contributed by atoms with Crippen molar-refractivity contribution in [1.82, 2.24) is 5.27 Å². The molecule has 0 amide bonds. The number of halogens is 1. The molecule has 1 N–H and O–H groups in total. The molecule has 0 aliphatic heterocycles. The summed E-state index contributed by atoms with van der Waals surface area (Å²) in [7, 11) is 0. The Bertz CT molecular complexity index is 477. The van der Waals surface area contributed by atoms with Gasteiger partial charge in [-0.3, -0.25) is 10.7 Å². The average Bonchev–Trinajstić information content (AvgIpc) is 2.66. The summed E-state index contributed by atoms with van der Waals surface area (Å²) in [5.41, 5.74) is 1.35. The third-order valence-corrected chi connectivity index (χ3v) is 2.31. The van der Waals surface area contributed by atoms with Crippen LogP contribution in [0.2, 0.25) is 0 Å². The van der Waals surface area contributed by atoms with Crippen LogP contribution < -0.4 is 15.5 Å². The second-order valence-corrected chi connectivity index (χ2v) is 3.59. The number of hydrogen-bond acceptors (Lipinski definition) is 2. The molecule has 1 aromatic heterocycles. The van der Waals surface area contributed by atoms with Crippen LogP contribution in [-0.4, -0.2) is 0 Å². The number of nitrogens with one attached hydrogen (secondary N) is 1. The van der Waals surface area contributed by atoms with Crippen LogP contribution in [0.15, 0.2) is 41.1 Å². The van der Waals surface area contributed by atoms with E-state index in [1.165, 1.54) is 5.56 Å². The molecule has 0 saturated heterocycles. The molecule has 0 radical (unpaired) electrons. The van der Waals surface area contributed by atoms with E-state index in [2.05, 4.69) is 24.3 Å². The molecule has 1 atom stereocenters. The van der Waals surface area contributed by atoms with Crippen molar-refractivity contribution in [3.05, 3.63) is 47.6 Å². The van der Waals surface area contributed by atoms with Gasteiger partial charge in [-0.1, -0.05) is 30.3 Å². The molecular weight excluding hydrogens is 226 g/mol. The van der Waals surface area contributed by atoms with Gasteiger partial charge in [0, 0.05) is 6.42 Å². The molecule has 0 saturated carbocycles. The van der Waals surface area contributed by atoms with Crippen molar-refractivity contribution < 1.29 is 9.20 Å². The molecule has 0 aliphatic rings. The molecule has 1 unspecified atom stereocenters. The fourth-order valence-electron chi connectivity index (χ4n) is 1.51. The van der Waals surface area contributed by atoms with Gasteiger partial charge in [-0.2, -0.15) is 0 Å². The zero-order chi connectivity index (χ0) is 10.7. The lowest BCUT2D eigenvalue weighted by Gasteiger charge is -2.07. The molecule has 5 heteroatoms. The standard InChI is InChI=1S/C11H13N3O.ClH/c1-9(14-8-11(12)15-13-14)7-10-5-3-2-4-6-10;/h2-6,8-9,12H,7H2,1H3;1H. The van der Waals surface area contributed by atoms with Crippen LogP contribution in [-0.2, 0) is 6.42 Å². The van der Waals surface area contributed by atoms with Crippen molar-refractivity contribution in [3.8, 4) is 0 Å². The summed E-state index contributed by atoms with van der Waals surface area (Å²) < 4.78 is 6.38.